The summed E-state index contributed by atoms with van der Waals surface area (Å²) >= 11 is 3.16. The summed E-state index contributed by atoms with van der Waals surface area (Å²) in [6.45, 7) is 3.45. The SMILES string of the molecule is CCOCCOc1ccc(Br)c(C(=O)O)c1. The Bertz CT molecular complexity index is 365. The first-order valence-corrected chi connectivity index (χ1v) is 5.68. The minimum atomic E-state index is -0.984. The lowest BCUT2D eigenvalue weighted by Gasteiger charge is -2.07. The van der Waals surface area contributed by atoms with E-state index in [1.54, 1.807) is 12.1 Å². The molecule has 1 rings (SSSR count). The van der Waals surface area contributed by atoms with Gasteiger partial charge in [0, 0.05) is 11.1 Å². The molecule has 0 fully saturated rings. The average Bonchev–Trinajstić information content (AvgIpc) is 2.26. The Hall–Kier alpha value is -1.07. The van der Waals surface area contributed by atoms with Crippen LogP contribution in [0.25, 0.3) is 0 Å². The van der Waals surface area contributed by atoms with E-state index in [1.165, 1.54) is 6.07 Å². The summed E-state index contributed by atoms with van der Waals surface area (Å²) in [5.74, 6) is -0.456. The number of benzene rings is 1. The molecule has 0 bridgehead atoms. The summed E-state index contributed by atoms with van der Waals surface area (Å²) in [6, 6.07) is 4.85. The highest BCUT2D eigenvalue weighted by molar-refractivity contribution is 9.10. The fraction of sp³-hybridized carbons (Fsp3) is 0.364. The van der Waals surface area contributed by atoms with Crippen LogP contribution in [0, 0.1) is 0 Å². The first-order chi connectivity index (χ1) is 7.65. The predicted octanol–water partition coefficient (Wildman–Crippen LogP) is 2.56. The highest BCUT2D eigenvalue weighted by Crippen LogP contribution is 2.22. The zero-order valence-corrected chi connectivity index (χ0v) is 10.5. The second-order valence-electron chi connectivity index (χ2n) is 2.99. The predicted molar refractivity (Wildman–Crippen MR) is 63.1 cm³/mol. The van der Waals surface area contributed by atoms with Gasteiger partial charge in [-0.1, -0.05) is 0 Å². The molecule has 0 spiro atoms. The molecular formula is C11H13BrO4. The molecule has 0 aliphatic rings. The van der Waals surface area contributed by atoms with Crippen molar-refractivity contribution in [1.82, 2.24) is 0 Å². The van der Waals surface area contributed by atoms with E-state index in [9.17, 15) is 4.79 Å². The number of rotatable bonds is 6. The average molecular weight is 289 g/mol. The molecule has 0 atom stereocenters. The van der Waals surface area contributed by atoms with Crippen LogP contribution in [-0.2, 0) is 4.74 Å². The van der Waals surface area contributed by atoms with Crippen LogP contribution in [0.1, 0.15) is 17.3 Å². The van der Waals surface area contributed by atoms with Gasteiger partial charge >= 0.3 is 5.97 Å². The smallest absolute Gasteiger partial charge is 0.336 e. The molecule has 0 heterocycles. The second-order valence-corrected chi connectivity index (χ2v) is 3.85. The topological polar surface area (TPSA) is 55.8 Å². The van der Waals surface area contributed by atoms with Crippen molar-refractivity contribution in [3.8, 4) is 5.75 Å². The Balaban J connectivity index is 2.61. The van der Waals surface area contributed by atoms with Crippen LogP contribution in [0.15, 0.2) is 22.7 Å². The van der Waals surface area contributed by atoms with Gasteiger partial charge < -0.3 is 14.6 Å². The van der Waals surface area contributed by atoms with Crippen LogP contribution < -0.4 is 4.74 Å². The lowest BCUT2D eigenvalue weighted by molar-refractivity contribution is 0.0695. The second kappa shape index (κ2) is 6.50. The molecule has 0 aromatic heterocycles. The minimum Gasteiger partial charge on any atom is -0.491 e. The van der Waals surface area contributed by atoms with Crippen molar-refractivity contribution in [3.05, 3.63) is 28.2 Å². The van der Waals surface area contributed by atoms with E-state index in [2.05, 4.69) is 15.9 Å². The normalized spacial score (nSPS) is 10.1. The Kier molecular flexibility index (Phi) is 5.28. The van der Waals surface area contributed by atoms with Gasteiger partial charge in [0.2, 0.25) is 0 Å². The molecule has 1 aromatic rings. The largest absolute Gasteiger partial charge is 0.491 e. The fourth-order valence-electron chi connectivity index (χ4n) is 1.12. The zero-order valence-electron chi connectivity index (χ0n) is 8.90. The van der Waals surface area contributed by atoms with Gasteiger partial charge in [0.05, 0.1) is 12.2 Å². The number of carbonyl (C=O) groups is 1. The zero-order chi connectivity index (χ0) is 12.0. The maximum atomic E-state index is 10.8. The molecule has 0 saturated carbocycles. The lowest BCUT2D eigenvalue weighted by Crippen LogP contribution is -2.07. The van der Waals surface area contributed by atoms with Crippen molar-refractivity contribution in [1.29, 1.82) is 0 Å². The summed E-state index contributed by atoms with van der Waals surface area (Å²) in [5.41, 5.74) is 0.189. The maximum Gasteiger partial charge on any atom is 0.336 e. The summed E-state index contributed by atoms with van der Waals surface area (Å²) < 4.78 is 11.0. The van der Waals surface area contributed by atoms with Crippen LogP contribution in [0.2, 0.25) is 0 Å². The molecule has 5 heteroatoms. The quantitative estimate of drug-likeness (QED) is 0.818. The van der Waals surface area contributed by atoms with Crippen molar-refractivity contribution >= 4 is 21.9 Å². The highest BCUT2D eigenvalue weighted by Gasteiger charge is 2.09. The van der Waals surface area contributed by atoms with Crippen molar-refractivity contribution in [3.63, 3.8) is 0 Å². The highest BCUT2D eigenvalue weighted by atomic mass is 79.9. The molecule has 1 aromatic carbocycles. The number of ether oxygens (including phenoxy) is 2. The van der Waals surface area contributed by atoms with E-state index >= 15 is 0 Å². The van der Waals surface area contributed by atoms with Crippen LogP contribution >= 0.6 is 15.9 Å². The van der Waals surface area contributed by atoms with Gasteiger partial charge in [-0.05, 0) is 41.1 Å². The van der Waals surface area contributed by atoms with Crippen molar-refractivity contribution in [2.24, 2.45) is 0 Å². The van der Waals surface area contributed by atoms with Gasteiger partial charge in [0.15, 0.2) is 0 Å². The molecule has 88 valence electrons. The Labute approximate surface area is 102 Å². The Morgan fingerprint density at radius 1 is 1.44 bits per heavy atom. The van der Waals surface area contributed by atoms with Crippen LogP contribution in [0.4, 0.5) is 0 Å². The molecule has 0 saturated heterocycles. The summed E-state index contributed by atoms with van der Waals surface area (Å²) in [4.78, 5) is 10.8. The van der Waals surface area contributed by atoms with E-state index in [0.717, 1.165) is 0 Å². The molecule has 0 unspecified atom stereocenters. The number of carboxylic acids is 1. The van der Waals surface area contributed by atoms with Crippen LogP contribution in [-0.4, -0.2) is 30.9 Å². The van der Waals surface area contributed by atoms with E-state index in [-0.39, 0.29) is 5.56 Å². The number of hydrogen-bond acceptors (Lipinski definition) is 3. The first-order valence-electron chi connectivity index (χ1n) is 4.88. The van der Waals surface area contributed by atoms with Gasteiger partial charge in [0.25, 0.3) is 0 Å². The van der Waals surface area contributed by atoms with E-state index in [4.69, 9.17) is 14.6 Å². The third kappa shape index (κ3) is 3.83. The van der Waals surface area contributed by atoms with Crippen LogP contribution in [0.5, 0.6) is 5.75 Å². The fourth-order valence-corrected chi connectivity index (χ4v) is 1.54. The number of aromatic carboxylic acids is 1. The van der Waals surface area contributed by atoms with Gasteiger partial charge in [0.1, 0.15) is 12.4 Å². The van der Waals surface area contributed by atoms with E-state index < -0.39 is 5.97 Å². The molecular weight excluding hydrogens is 276 g/mol. The minimum absolute atomic E-state index is 0.189. The van der Waals surface area contributed by atoms with Gasteiger partial charge in [-0.3, -0.25) is 0 Å². The third-order valence-corrected chi connectivity index (χ3v) is 2.56. The van der Waals surface area contributed by atoms with Gasteiger partial charge in [-0.2, -0.15) is 0 Å². The van der Waals surface area contributed by atoms with Crippen LogP contribution in [0.3, 0.4) is 0 Å². The summed E-state index contributed by atoms with van der Waals surface area (Å²) in [5, 5.41) is 8.89. The Morgan fingerprint density at radius 3 is 2.81 bits per heavy atom. The monoisotopic (exact) mass is 288 g/mol. The van der Waals surface area contributed by atoms with Crippen molar-refractivity contribution < 1.29 is 19.4 Å². The van der Waals surface area contributed by atoms with Gasteiger partial charge in [-0.25, -0.2) is 4.79 Å². The summed E-state index contributed by atoms with van der Waals surface area (Å²) in [7, 11) is 0. The lowest BCUT2D eigenvalue weighted by atomic mass is 10.2. The van der Waals surface area contributed by atoms with Crippen molar-refractivity contribution in [2.45, 2.75) is 6.92 Å². The first kappa shape index (κ1) is 13.0. The molecule has 4 nitrogen and oxygen atoms in total. The third-order valence-electron chi connectivity index (χ3n) is 1.87. The molecule has 0 radical (unpaired) electrons. The molecule has 0 amide bonds. The Morgan fingerprint density at radius 2 is 2.19 bits per heavy atom. The summed E-state index contributed by atoms with van der Waals surface area (Å²) in [6.07, 6.45) is 0. The van der Waals surface area contributed by atoms with Gasteiger partial charge in [-0.15, -0.1) is 0 Å². The number of hydrogen-bond donors (Lipinski definition) is 1. The van der Waals surface area contributed by atoms with Crippen molar-refractivity contribution in [2.75, 3.05) is 19.8 Å². The standard InChI is InChI=1S/C11H13BrO4/c1-2-15-5-6-16-8-3-4-10(12)9(7-8)11(13)14/h3-4,7H,2,5-6H2,1H3,(H,13,14). The molecule has 0 aliphatic heterocycles. The molecule has 1 N–H and O–H groups in total. The number of carboxylic acid groups (broad SMARTS) is 1. The molecule has 0 aliphatic carbocycles. The van der Waals surface area contributed by atoms with E-state index in [1.807, 2.05) is 6.92 Å². The number of halogens is 1. The van der Waals surface area contributed by atoms with E-state index in [0.29, 0.717) is 30.0 Å². The molecule has 16 heavy (non-hydrogen) atoms. The maximum absolute atomic E-state index is 10.8.